The van der Waals surface area contributed by atoms with E-state index in [4.69, 9.17) is 11.6 Å². The SMILES string of the molecule is O=C(NCc1ccccc1-c1ccc(Cn2cccn2)cc1)c1ccnc(Cl)c1. The van der Waals surface area contributed by atoms with Crippen LogP contribution in [0.4, 0.5) is 0 Å². The number of nitrogens with zero attached hydrogens (tertiary/aromatic N) is 3. The van der Waals surface area contributed by atoms with Gasteiger partial charge in [0.25, 0.3) is 5.91 Å². The van der Waals surface area contributed by atoms with Crippen molar-refractivity contribution in [2.75, 3.05) is 0 Å². The second kappa shape index (κ2) is 8.71. The van der Waals surface area contributed by atoms with Gasteiger partial charge in [-0.2, -0.15) is 5.10 Å². The number of nitrogens with one attached hydrogen (secondary N) is 1. The topological polar surface area (TPSA) is 59.8 Å². The molecule has 2 heterocycles. The van der Waals surface area contributed by atoms with Gasteiger partial charge in [0.2, 0.25) is 0 Å². The quantitative estimate of drug-likeness (QED) is 0.480. The van der Waals surface area contributed by atoms with E-state index in [9.17, 15) is 4.79 Å². The third-order valence-electron chi connectivity index (χ3n) is 4.61. The molecule has 0 saturated heterocycles. The van der Waals surface area contributed by atoms with E-state index in [0.717, 1.165) is 23.2 Å². The molecule has 4 rings (SSSR count). The molecule has 2 aromatic heterocycles. The Bertz CT molecular complexity index is 1110. The lowest BCUT2D eigenvalue weighted by Crippen LogP contribution is -2.23. The number of carbonyl (C=O) groups excluding carboxylic acids is 1. The third-order valence-corrected chi connectivity index (χ3v) is 4.82. The minimum Gasteiger partial charge on any atom is -0.348 e. The summed E-state index contributed by atoms with van der Waals surface area (Å²) in [5.41, 5.74) is 4.90. The zero-order chi connectivity index (χ0) is 20.1. The normalized spacial score (nSPS) is 10.7. The summed E-state index contributed by atoms with van der Waals surface area (Å²) < 4.78 is 1.89. The van der Waals surface area contributed by atoms with Gasteiger partial charge in [-0.15, -0.1) is 0 Å². The van der Waals surface area contributed by atoms with Crippen molar-refractivity contribution < 1.29 is 4.79 Å². The minimum atomic E-state index is -0.182. The van der Waals surface area contributed by atoms with Gasteiger partial charge in [-0.05, 0) is 40.5 Å². The molecule has 0 aliphatic carbocycles. The fourth-order valence-corrected chi connectivity index (χ4v) is 3.32. The van der Waals surface area contributed by atoms with E-state index in [1.54, 1.807) is 18.3 Å². The zero-order valence-corrected chi connectivity index (χ0v) is 16.4. The molecule has 144 valence electrons. The van der Waals surface area contributed by atoms with Gasteiger partial charge in [-0.3, -0.25) is 9.48 Å². The first-order chi connectivity index (χ1) is 14.2. The van der Waals surface area contributed by atoms with Crippen LogP contribution in [0.1, 0.15) is 21.5 Å². The van der Waals surface area contributed by atoms with Gasteiger partial charge in [-0.1, -0.05) is 60.1 Å². The van der Waals surface area contributed by atoms with Gasteiger partial charge in [0.1, 0.15) is 5.15 Å². The van der Waals surface area contributed by atoms with Crippen LogP contribution >= 0.6 is 11.6 Å². The number of pyridine rings is 1. The van der Waals surface area contributed by atoms with Crippen molar-refractivity contribution in [2.24, 2.45) is 0 Å². The second-order valence-electron chi connectivity index (χ2n) is 6.61. The Hall–Kier alpha value is -3.44. The molecule has 0 unspecified atom stereocenters. The molecule has 0 fully saturated rings. The van der Waals surface area contributed by atoms with Crippen molar-refractivity contribution in [2.45, 2.75) is 13.1 Å². The summed E-state index contributed by atoms with van der Waals surface area (Å²) in [5.74, 6) is -0.182. The lowest BCUT2D eigenvalue weighted by molar-refractivity contribution is 0.0951. The first-order valence-electron chi connectivity index (χ1n) is 9.23. The Morgan fingerprint density at radius 3 is 2.59 bits per heavy atom. The van der Waals surface area contributed by atoms with Crippen LogP contribution in [0.2, 0.25) is 5.15 Å². The number of amides is 1. The molecule has 29 heavy (non-hydrogen) atoms. The molecule has 0 atom stereocenters. The van der Waals surface area contributed by atoms with Crippen LogP contribution in [-0.2, 0) is 13.1 Å². The summed E-state index contributed by atoms with van der Waals surface area (Å²) >= 11 is 5.87. The van der Waals surface area contributed by atoms with Crippen molar-refractivity contribution in [1.82, 2.24) is 20.1 Å². The average molecular weight is 403 g/mol. The van der Waals surface area contributed by atoms with Gasteiger partial charge >= 0.3 is 0 Å². The molecular weight excluding hydrogens is 384 g/mol. The Morgan fingerprint density at radius 1 is 1.00 bits per heavy atom. The zero-order valence-electron chi connectivity index (χ0n) is 15.6. The average Bonchev–Trinajstić information content (AvgIpc) is 3.26. The summed E-state index contributed by atoms with van der Waals surface area (Å²) in [6.07, 6.45) is 5.25. The van der Waals surface area contributed by atoms with Crippen molar-refractivity contribution in [3.05, 3.63) is 107 Å². The van der Waals surface area contributed by atoms with E-state index >= 15 is 0 Å². The highest BCUT2D eigenvalue weighted by atomic mass is 35.5. The summed E-state index contributed by atoms with van der Waals surface area (Å²) in [6, 6.07) is 21.6. The molecule has 4 aromatic rings. The van der Waals surface area contributed by atoms with Crippen molar-refractivity contribution in [3.63, 3.8) is 0 Å². The van der Waals surface area contributed by atoms with Crippen LogP contribution in [0.3, 0.4) is 0 Å². The highest BCUT2D eigenvalue weighted by molar-refractivity contribution is 6.29. The number of halogens is 1. The first kappa shape index (κ1) is 18.9. The summed E-state index contributed by atoms with van der Waals surface area (Å²) in [6.45, 7) is 1.16. The molecule has 2 aromatic carbocycles. The van der Waals surface area contributed by atoms with Crippen molar-refractivity contribution in [3.8, 4) is 11.1 Å². The van der Waals surface area contributed by atoms with E-state index in [2.05, 4.69) is 45.7 Å². The number of benzene rings is 2. The van der Waals surface area contributed by atoms with Gasteiger partial charge in [-0.25, -0.2) is 4.98 Å². The van der Waals surface area contributed by atoms with Gasteiger partial charge in [0, 0.05) is 30.7 Å². The maximum absolute atomic E-state index is 12.4. The van der Waals surface area contributed by atoms with Gasteiger partial charge in [0.15, 0.2) is 0 Å². The molecule has 5 nitrogen and oxygen atoms in total. The van der Waals surface area contributed by atoms with Crippen LogP contribution in [-0.4, -0.2) is 20.7 Å². The largest absolute Gasteiger partial charge is 0.348 e. The van der Waals surface area contributed by atoms with E-state index in [1.165, 1.54) is 11.8 Å². The number of hydrogen-bond donors (Lipinski definition) is 1. The summed E-state index contributed by atoms with van der Waals surface area (Å²) in [4.78, 5) is 16.3. The van der Waals surface area contributed by atoms with Crippen molar-refractivity contribution >= 4 is 17.5 Å². The van der Waals surface area contributed by atoms with Gasteiger partial charge in [0.05, 0.1) is 6.54 Å². The smallest absolute Gasteiger partial charge is 0.251 e. The summed E-state index contributed by atoms with van der Waals surface area (Å²) in [5, 5.41) is 7.50. The fourth-order valence-electron chi connectivity index (χ4n) is 3.15. The lowest BCUT2D eigenvalue weighted by atomic mass is 9.98. The molecule has 0 spiro atoms. The molecule has 0 saturated carbocycles. The molecule has 0 bridgehead atoms. The molecule has 1 N–H and O–H groups in total. The molecule has 6 heteroatoms. The Balaban J connectivity index is 1.48. The molecule has 1 amide bonds. The van der Waals surface area contributed by atoms with Crippen LogP contribution < -0.4 is 5.32 Å². The maximum atomic E-state index is 12.4. The monoisotopic (exact) mass is 402 g/mol. The summed E-state index contributed by atoms with van der Waals surface area (Å²) in [7, 11) is 0. The number of carbonyl (C=O) groups is 1. The first-order valence-corrected chi connectivity index (χ1v) is 9.61. The fraction of sp³-hybridized carbons (Fsp3) is 0.0870. The van der Waals surface area contributed by atoms with E-state index < -0.39 is 0 Å². The van der Waals surface area contributed by atoms with Crippen LogP contribution in [0.5, 0.6) is 0 Å². The highest BCUT2D eigenvalue weighted by Gasteiger charge is 2.09. The molecule has 0 aliphatic heterocycles. The number of hydrogen-bond acceptors (Lipinski definition) is 3. The van der Waals surface area contributed by atoms with Gasteiger partial charge < -0.3 is 5.32 Å². The van der Waals surface area contributed by atoms with E-state index in [-0.39, 0.29) is 5.91 Å². The number of aromatic nitrogens is 3. The third kappa shape index (κ3) is 4.70. The molecular formula is C23H19ClN4O. The van der Waals surface area contributed by atoms with Crippen LogP contribution in [0, 0.1) is 0 Å². The van der Waals surface area contributed by atoms with Crippen molar-refractivity contribution in [1.29, 1.82) is 0 Å². The highest BCUT2D eigenvalue weighted by Crippen LogP contribution is 2.24. The lowest BCUT2D eigenvalue weighted by Gasteiger charge is -2.12. The maximum Gasteiger partial charge on any atom is 0.251 e. The van der Waals surface area contributed by atoms with E-state index in [0.29, 0.717) is 17.3 Å². The standard InChI is InChI=1S/C23H19ClN4O/c24-22-14-19(10-12-25-22)23(29)26-15-20-4-1-2-5-21(20)18-8-6-17(7-9-18)16-28-13-3-11-27-28/h1-14H,15-16H2,(H,26,29). The Labute approximate surface area is 174 Å². The second-order valence-corrected chi connectivity index (χ2v) is 6.99. The minimum absolute atomic E-state index is 0.182. The number of rotatable bonds is 6. The van der Waals surface area contributed by atoms with E-state index in [1.807, 2.05) is 35.1 Å². The van der Waals surface area contributed by atoms with Crippen LogP contribution in [0.15, 0.2) is 85.3 Å². The predicted octanol–water partition coefficient (Wildman–Crippen LogP) is 4.58. The molecule has 0 aliphatic rings. The Morgan fingerprint density at radius 2 is 1.83 bits per heavy atom. The molecule has 0 radical (unpaired) electrons. The Kier molecular flexibility index (Phi) is 5.68. The predicted molar refractivity (Wildman–Crippen MR) is 114 cm³/mol. The van der Waals surface area contributed by atoms with Crippen LogP contribution in [0.25, 0.3) is 11.1 Å².